The standard InChI is InChI=1S/C10H13ClN2O2S/c1-13-2-3-15-9(5-13)10-12-7(6-16-10)8(14)4-11/h6,9H,2-5H2,1H3. The Morgan fingerprint density at radius 2 is 2.62 bits per heavy atom. The zero-order chi connectivity index (χ0) is 11.5. The van der Waals surface area contributed by atoms with E-state index in [9.17, 15) is 4.79 Å². The van der Waals surface area contributed by atoms with Gasteiger partial charge < -0.3 is 9.64 Å². The van der Waals surface area contributed by atoms with Gasteiger partial charge in [0.1, 0.15) is 16.8 Å². The first-order valence-electron chi connectivity index (χ1n) is 5.05. The van der Waals surface area contributed by atoms with Crippen LogP contribution in [0.2, 0.25) is 0 Å². The number of hydrogen-bond acceptors (Lipinski definition) is 5. The number of carbonyl (C=O) groups is 1. The van der Waals surface area contributed by atoms with Crippen LogP contribution in [-0.4, -0.2) is 48.3 Å². The highest BCUT2D eigenvalue weighted by molar-refractivity contribution is 7.09. The Balaban J connectivity index is 2.09. The third-order valence-electron chi connectivity index (χ3n) is 2.47. The summed E-state index contributed by atoms with van der Waals surface area (Å²) in [6.45, 7) is 2.47. The zero-order valence-electron chi connectivity index (χ0n) is 8.98. The van der Waals surface area contributed by atoms with Crippen LogP contribution in [0.4, 0.5) is 0 Å². The molecule has 1 aliphatic rings. The van der Waals surface area contributed by atoms with E-state index in [1.807, 2.05) is 7.05 Å². The third-order valence-corrected chi connectivity index (χ3v) is 3.65. The number of morpholine rings is 1. The molecule has 1 aromatic rings. The molecule has 0 aromatic carbocycles. The van der Waals surface area contributed by atoms with Crippen molar-refractivity contribution in [1.82, 2.24) is 9.88 Å². The van der Waals surface area contributed by atoms with Crippen LogP contribution >= 0.6 is 22.9 Å². The first-order chi connectivity index (χ1) is 7.70. The second kappa shape index (κ2) is 5.23. The molecule has 0 bridgehead atoms. The van der Waals surface area contributed by atoms with Gasteiger partial charge in [-0.25, -0.2) is 4.98 Å². The van der Waals surface area contributed by atoms with Gasteiger partial charge in [-0.3, -0.25) is 4.79 Å². The van der Waals surface area contributed by atoms with E-state index in [-0.39, 0.29) is 17.8 Å². The van der Waals surface area contributed by atoms with Crippen molar-refractivity contribution in [1.29, 1.82) is 0 Å². The van der Waals surface area contributed by atoms with E-state index in [1.54, 1.807) is 5.38 Å². The van der Waals surface area contributed by atoms with E-state index in [4.69, 9.17) is 16.3 Å². The summed E-state index contributed by atoms with van der Waals surface area (Å²) < 4.78 is 5.62. The summed E-state index contributed by atoms with van der Waals surface area (Å²) in [5, 5.41) is 2.61. The predicted octanol–water partition coefficient (Wildman–Crippen LogP) is 1.57. The Hall–Kier alpha value is -0.490. The molecule has 88 valence electrons. The number of aromatic nitrogens is 1. The molecule has 0 saturated carbocycles. The van der Waals surface area contributed by atoms with Crippen molar-refractivity contribution >= 4 is 28.7 Å². The molecule has 0 aliphatic carbocycles. The summed E-state index contributed by atoms with van der Waals surface area (Å²) in [4.78, 5) is 17.8. The van der Waals surface area contributed by atoms with E-state index >= 15 is 0 Å². The van der Waals surface area contributed by atoms with Crippen LogP contribution in [-0.2, 0) is 4.74 Å². The highest BCUT2D eigenvalue weighted by Gasteiger charge is 2.23. The zero-order valence-corrected chi connectivity index (χ0v) is 10.6. The average Bonchev–Trinajstić information content (AvgIpc) is 2.77. The molecule has 1 aromatic heterocycles. The summed E-state index contributed by atoms with van der Waals surface area (Å²) in [5.74, 6) is -0.150. The number of nitrogens with zero attached hydrogens (tertiary/aromatic N) is 2. The van der Waals surface area contributed by atoms with E-state index < -0.39 is 0 Å². The van der Waals surface area contributed by atoms with Gasteiger partial charge in [0.05, 0.1) is 12.5 Å². The minimum absolute atomic E-state index is 0.0133. The van der Waals surface area contributed by atoms with Gasteiger partial charge in [0.15, 0.2) is 5.78 Å². The quantitative estimate of drug-likeness (QED) is 0.611. The average molecular weight is 261 g/mol. The van der Waals surface area contributed by atoms with Crippen molar-refractivity contribution in [3.8, 4) is 0 Å². The molecule has 0 spiro atoms. The molecule has 4 nitrogen and oxygen atoms in total. The number of ketones is 1. The fourth-order valence-corrected chi connectivity index (χ4v) is 2.56. The number of alkyl halides is 1. The van der Waals surface area contributed by atoms with Crippen LogP contribution in [0.1, 0.15) is 21.6 Å². The maximum absolute atomic E-state index is 11.3. The van der Waals surface area contributed by atoms with Gasteiger partial charge in [-0.1, -0.05) is 0 Å². The molecule has 1 saturated heterocycles. The molecule has 0 N–H and O–H groups in total. The van der Waals surface area contributed by atoms with Gasteiger partial charge in [-0.15, -0.1) is 22.9 Å². The maximum Gasteiger partial charge on any atom is 0.196 e. The molecule has 2 heterocycles. The molecule has 1 atom stereocenters. The van der Waals surface area contributed by atoms with Crippen molar-refractivity contribution in [3.05, 3.63) is 16.1 Å². The summed E-state index contributed by atoms with van der Waals surface area (Å²) in [6.07, 6.45) is -0.0133. The van der Waals surface area contributed by atoms with Crippen molar-refractivity contribution in [3.63, 3.8) is 0 Å². The summed E-state index contributed by atoms with van der Waals surface area (Å²) in [5.41, 5.74) is 0.451. The topological polar surface area (TPSA) is 42.4 Å². The van der Waals surface area contributed by atoms with Gasteiger partial charge >= 0.3 is 0 Å². The fourth-order valence-electron chi connectivity index (χ4n) is 1.56. The van der Waals surface area contributed by atoms with E-state index in [0.717, 1.165) is 18.1 Å². The minimum atomic E-state index is -0.131. The van der Waals surface area contributed by atoms with Gasteiger partial charge in [0.25, 0.3) is 0 Å². The monoisotopic (exact) mass is 260 g/mol. The Labute approximate surface area is 103 Å². The number of rotatable bonds is 3. The largest absolute Gasteiger partial charge is 0.368 e. The van der Waals surface area contributed by atoms with Crippen molar-refractivity contribution in [2.75, 3.05) is 32.6 Å². The number of Topliss-reactive ketones (excluding diaryl/α,β-unsaturated/α-hetero) is 1. The normalized spacial score (nSPS) is 22.2. The summed E-state index contributed by atoms with van der Waals surface area (Å²) in [7, 11) is 2.05. The lowest BCUT2D eigenvalue weighted by atomic mass is 10.3. The molecule has 0 radical (unpaired) electrons. The van der Waals surface area contributed by atoms with Gasteiger partial charge in [-0.2, -0.15) is 0 Å². The Morgan fingerprint density at radius 3 is 3.31 bits per heavy atom. The predicted molar refractivity (Wildman–Crippen MR) is 63.4 cm³/mol. The van der Waals surface area contributed by atoms with E-state index in [0.29, 0.717) is 12.3 Å². The van der Waals surface area contributed by atoms with Gasteiger partial charge in [0, 0.05) is 18.5 Å². The lowest BCUT2D eigenvalue weighted by molar-refractivity contribution is -0.0210. The molecule has 6 heteroatoms. The molecule has 16 heavy (non-hydrogen) atoms. The maximum atomic E-state index is 11.3. The highest BCUT2D eigenvalue weighted by atomic mass is 35.5. The second-order valence-corrected chi connectivity index (χ2v) is 4.91. The number of hydrogen-bond donors (Lipinski definition) is 0. The van der Waals surface area contributed by atoms with Crippen molar-refractivity contribution < 1.29 is 9.53 Å². The number of carbonyl (C=O) groups excluding carboxylic acids is 1. The lowest BCUT2D eigenvalue weighted by Gasteiger charge is -2.28. The number of ether oxygens (including phenoxy) is 1. The fraction of sp³-hybridized carbons (Fsp3) is 0.600. The molecular weight excluding hydrogens is 248 g/mol. The molecule has 0 amide bonds. The first kappa shape index (κ1) is 12.0. The Bertz CT molecular complexity index is 383. The van der Waals surface area contributed by atoms with Crippen LogP contribution in [0.5, 0.6) is 0 Å². The Morgan fingerprint density at radius 1 is 1.81 bits per heavy atom. The number of thiazole rings is 1. The summed E-state index contributed by atoms with van der Waals surface area (Å²) in [6, 6.07) is 0. The van der Waals surface area contributed by atoms with Crippen molar-refractivity contribution in [2.24, 2.45) is 0 Å². The molecule has 1 aliphatic heterocycles. The van der Waals surface area contributed by atoms with Gasteiger partial charge in [0.2, 0.25) is 0 Å². The van der Waals surface area contributed by atoms with E-state index in [1.165, 1.54) is 11.3 Å². The molecule has 2 rings (SSSR count). The first-order valence-corrected chi connectivity index (χ1v) is 6.47. The van der Waals surface area contributed by atoms with Crippen LogP contribution < -0.4 is 0 Å². The van der Waals surface area contributed by atoms with Crippen molar-refractivity contribution in [2.45, 2.75) is 6.10 Å². The van der Waals surface area contributed by atoms with Gasteiger partial charge in [-0.05, 0) is 7.05 Å². The third kappa shape index (κ3) is 2.60. The summed E-state index contributed by atoms with van der Waals surface area (Å²) >= 11 is 6.94. The number of halogens is 1. The molecule has 1 unspecified atom stereocenters. The second-order valence-electron chi connectivity index (χ2n) is 3.75. The highest BCUT2D eigenvalue weighted by Crippen LogP contribution is 2.24. The lowest BCUT2D eigenvalue weighted by Crippen LogP contribution is -2.35. The SMILES string of the molecule is CN1CCOC(c2nc(C(=O)CCl)cs2)C1. The van der Waals surface area contributed by atoms with Crippen LogP contribution in [0.3, 0.4) is 0 Å². The molecule has 1 fully saturated rings. The van der Waals surface area contributed by atoms with Crippen LogP contribution in [0.15, 0.2) is 5.38 Å². The Kier molecular flexibility index (Phi) is 3.91. The number of likely N-dealkylation sites (N-methyl/N-ethyl adjacent to an activating group) is 1. The smallest absolute Gasteiger partial charge is 0.196 e. The molecular formula is C10H13ClN2O2S. The van der Waals surface area contributed by atoms with Crippen LogP contribution in [0, 0.1) is 0 Å². The van der Waals surface area contributed by atoms with Crippen LogP contribution in [0.25, 0.3) is 0 Å². The minimum Gasteiger partial charge on any atom is -0.368 e. The van der Waals surface area contributed by atoms with E-state index in [2.05, 4.69) is 9.88 Å².